The third-order valence-electron chi connectivity index (χ3n) is 7.15. The molecule has 3 aliphatic heterocycles. The van der Waals surface area contributed by atoms with E-state index in [0.717, 1.165) is 86.2 Å². The van der Waals surface area contributed by atoms with Crippen LogP contribution in [-0.2, 0) is 42.3 Å². The Labute approximate surface area is 175 Å². The average molecular weight is 428 g/mol. The number of rotatable bonds is 3. The van der Waals surface area contributed by atoms with Crippen LogP contribution in [0.5, 0.6) is 0 Å². The minimum atomic E-state index is -4.07. The van der Waals surface area contributed by atoms with Crippen molar-refractivity contribution in [2.24, 2.45) is 0 Å². The van der Waals surface area contributed by atoms with E-state index in [1.165, 1.54) is 11.1 Å². The van der Waals surface area contributed by atoms with Gasteiger partial charge in [0.2, 0.25) is 5.09 Å². The fourth-order valence-corrected chi connectivity index (χ4v) is 6.41. The minimum absolute atomic E-state index is 0.164. The van der Waals surface area contributed by atoms with E-state index in [1.54, 1.807) is 6.07 Å². The number of amides is 2. The number of nitrogens with zero attached hydrogens (tertiary/aromatic N) is 1. The molecule has 2 aromatic rings. The van der Waals surface area contributed by atoms with Crippen LogP contribution in [0.1, 0.15) is 58.8 Å². The van der Waals surface area contributed by atoms with Crippen LogP contribution in [0, 0.1) is 0 Å². The molecule has 30 heavy (non-hydrogen) atoms. The van der Waals surface area contributed by atoms with Gasteiger partial charge in [-0.2, -0.15) is 8.42 Å². The van der Waals surface area contributed by atoms with Crippen molar-refractivity contribution < 1.29 is 17.6 Å². The number of nitrogens with one attached hydrogen (secondary N) is 2. The molecule has 4 heterocycles. The number of anilines is 1. The van der Waals surface area contributed by atoms with Gasteiger partial charge in [0.15, 0.2) is 0 Å². The van der Waals surface area contributed by atoms with E-state index < -0.39 is 16.1 Å². The van der Waals surface area contributed by atoms with Gasteiger partial charge in [-0.25, -0.2) is 9.52 Å². The van der Waals surface area contributed by atoms with E-state index in [-0.39, 0.29) is 11.0 Å². The van der Waals surface area contributed by atoms with Gasteiger partial charge in [0.25, 0.3) is 10.0 Å². The zero-order valence-corrected chi connectivity index (χ0v) is 17.6. The quantitative estimate of drug-likeness (QED) is 0.786. The molecule has 1 aromatic carbocycles. The van der Waals surface area contributed by atoms with Gasteiger partial charge < -0.3 is 9.73 Å². The van der Waals surface area contributed by atoms with Gasteiger partial charge in [-0.15, -0.1) is 0 Å². The summed E-state index contributed by atoms with van der Waals surface area (Å²) in [5, 5.41) is 2.68. The average Bonchev–Trinajstić information content (AvgIpc) is 3.26. The van der Waals surface area contributed by atoms with Crippen molar-refractivity contribution in [3.8, 4) is 0 Å². The number of aryl methyl sites for hydroxylation is 2. The van der Waals surface area contributed by atoms with E-state index >= 15 is 0 Å². The molecule has 0 spiro atoms. The Morgan fingerprint density at radius 3 is 2.53 bits per heavy atom. The van der Waals surface area contributed by atoms with E-state index in [4.69, 9.17) is 4.42 Å². The van der Waals surface area contributed by atoms with Crippen LogP contribution in [0.4, 0.5) is 10.5 Å². The molecule has 7 rings (SSSR count). The fourth-order valence-electron chi connectivity index (χ4n) is 5.52. The molecule has 8 heteroatoms. The van der Waals surface area contributed by atoms with Gasteiger partial charge >= 0.3 is 6.03 Å². The van der Waals surface area contributed by atoms with Crippen LogP contribution in [0.25, 0.3) is 0 Å². The summed E-state index contributed by atoms with van der Waals surface area (Å²) < 4.78 is 33.7. The zero-order valence-electron chi connectivity index (χ0n) is 16.8. The van der Waals surface area contributed by atoms with Crippen molar-refractivity contribution in [3.63, 3.8) is 0 Å². The molecule has 0 atom stereocenters. The lowest BCUT2D eigenvalue weighted by Crippen LogP contribution is -2.35. The zero-order chi connectivity index (χ0) is 20.5. The molecule has 2 aliphatic carbocycles. The van der Waals surface area contributed by atoms with Crippen molar-refractivity contribution in [3.05, 3.63) is 45.7 Å². The Morgan fingerprint density at radius 1 is 1.00 bits per heavy atom. The molecule has 2 N–H and O–H groups in total. The summed E-state index contributed by atoms with van der Waals surface area (Å²) in [6, 6.07) is 3.12. The summed E-state index contributed by atoms with van der Waals surface area (Å²) in [6.45, 7) is 2.74. The Morgan fingerprint density at radius 2 is 1.77 bits per heavy atom. The minimum Gasteiger partial charge on any atom is -0.447 e. The highest BCUT2D eigenvalue weighted by Crippen LogP contribution is 2.40. The van der Waals surface area contributed by atoms with Crippen molar-refractivity contribution in [1.29, 1.82) is 0 Å². The van der Waals surface area contributed by atoms with Crippen LogP contribution in [0.3, 0.4) is 0 Å². The number of hydrogen-bond donors (Lipinski definition) is 2. The predicted octanol–water partition coefficient (Wildman–Crippen LogP) is 3.07. The molecular formula is C22H25N3O4S. The Hall–Kier alpha value is -2.32. The number of carbonyl (C=O) groups is 1. The van der Waals surface area contributed by atoms with Gasteiger partial charge in [0.1, 0.15) is 5.76 Å². The molecule has 0 unspecified atom stereocenters. The Kier molecular flexibility index (Phi) is 4.05. The lowest BCUT2D eigenvalue weighted by atomic mass is 9.83. The first-order valence-corrected chi connectivity index (χ1v) is 12.3. The van der Waals surface area contributed by atoms with Crippen LogP contribution < -0.4 is 10.0 Å². The van der Waals surface area contributed by atoms with E-state index in [2.05, 4.69) is 21.0 Å². The lowest BCUT2D eigenvalue weighted by molar-refractivity contribution is 0.212. The maximum absolute atomic E-state index is 12.9. The fraction of sp³-hybridized carbons (Fsp3) is 0.500. The van der Waals surface area contributed by atoms with E-state index in [0.29, 0.717) is 6.54 Å². The predicted molar refractivity (Wildman–Crippen MR) is 111 cm³/mol. The standard InChI is InChI=1S/C22H25N3O4S/c26-22(23-20-17-3-1-2-14(17)10-15-4-5-18(15)20)24-30(27,28)19-11-16-12-25-8-6-13(7-9-25)21(16)29-19/h10-11,13H,1-9,12H2,(H2,23,24,26). The summed E-state index contributed by atoms with van der Waals surface area (Å²) in [5.74, 6) is 1.04. The van der Waals surface area contributed by atoms with Crippen LogP contribution in [-0.4, -0.2) is 32.4 Å². The Balaban J connectivity index is 1.24. The number of urea groups is 1. The highest BCUT2D eigenvalue weighted by atomic mass is 32.2. The second-order valence-electron chi connectivity index (χ2n) is 8.95. The first-order chi connectivity index (χ1) is 14.5. The molecule has 1 aromatic heterocycles. The molecule has 1 saturated heterocycles. The largest absolute Gasteiger partial charge is 0.447 e. The molecule has 7 nitrogen and oxygen atoms in total. The number of hydrogen-bond acceptors (Lipinski definition) is 5. The summed E-state index contributed by atoms with van der Waals surface area (Å²) in [6.07, 6.45) is 6.93. The second-order valence-corrected chi connectivity index (χ2v) is 10.6. The number of sulfonamides is 1. The maximum Gasteiger partial charge on any atom is 0.333 e. The molecule has 2 bridgehead atoms. The Bertz CT molecular complexity index is 1160. The van der Waals surface area contributed by atoms with Gasteiger partial charge in [-0.1, -0.05) is 6.07 Å². The van der Waals surface area contributed by atoms with Crippen LogP contribution >= 0.6 is 0 Å². The first-order valence-electron chi connectivity index (χ1n) is 10.8. The van der Waals surface area contributed by atoms with Crippen molar-refractivity contribution in [2.45, 2.75) is 62.5 Å². The summed E-state index contributed by atoms with van der Waals surface area (Å²) >= 11 is 0. The van der Waals surface area contributed by atoms with Crippen LogP contribution in [0.2, 0.25) is 0 Å². The summed E-state index contributed by atoms with van der Waals surface area (Å²) in [7, 11) is -4.07. The number of furan rings is 1. The number of piperidine rings is 1. The molecule has 0 radical (unpaired) electrons. The number of carbonyl (C=O) groups excluding carboxylic acids is 1. The SMILES string of the molecule is O=C(Nc1c2c(cc3c1CC3)CCC2)NS(=O)(=O)c1cc2c(o1)C1CCN(CC1)C2. The highest BCUT2D eigenvalue weighted by Gasteiger charge is 2.34. The smallest absolute Gasteiger partial charge is 0.333 e. The molecule has 158 valence electrons. The van der Waals surface area contributed by atoms with Crippen molar-refractivity contribution in [2.75, 3.05) is 18.4 Å². The molecule has 2 amide bonds. The van der Waals surface area contributed by atoms with E-state index in [9.17, 15) is 13.2 Å². The third kappa shape index (κ3) is 2.88. The van der Waals surface area contributed by atoms with Crippen LogP contribution in [0.15, 0.2) is 21.6 Å². The van der Waals surface area contributed by atoms with Crippen molar-refractivity contribution in [1.82, 2.24) is 9.62 Å². The number of benzene rings is 1. The first kappa shape index (κ1) is 18.4. The third-order valence-corrected chi connectivity index (χ3v) is 8.33. The van der Waals surface area contributed by atoms with Gasteiger partial charge in [0, 0.05) is 29.8 Å². The molecular weight excluding hydrogens is 402 g/mol. The van der Waals surface area contributed by atoms with Gasteiger partial charge in [0.05, 0.1) is 0 Å². The van der Waals surface area contributed by atoms with Crippen molar-refractivity contribution >= 4 is 21.7 Å². The monoisotopic (exact) mass is 427 g/mol. The molecule has 0 saturated carbocycles. The topological polar surface area (TPSA) is 91.7 Å². The molecule has 1 fully saturated rings. The normalized spacial score (nSPS) is 23.7. The maximum atomic E-state index is 12.9. The summed E-state index contributed by atoms with van der Waals surface area (Å²) in [5.41, 5.74) is 6.62. The highest BCUT2D eigenvalue weighted by molar-refractivity contribution is 7.89. The second kappa shape index (κ2) is 6.59. The van der Waals surface area contributed by atoms with Gasteiger partial charge in [-0.05, 0) is 80.3 Å². The summed E-state index contributed by atoms with van der Waals surface area (Å²) in [4.78, 5) is 15.0. The number of fused-ring (bicyclic) bond motifs is 4. The molecule has 5 aliphatic rings. The lowest BCUT2D eigenvalue weighted by Gasteiger charge is -2.26. The van der Waals surface area contributed by atoms with Gasteiger partial charge in [-0.3, -0.25) is 4.90 Å². The van der Waals surface area contributed by atoms with E-state index in [1.807, 2.05) is 0 Å².